The molecular weight excluding hydrogens is 435 g/mol. The summed E-state index contributed by atoms with van der Waals surface area (Å²) in [6.45, 7) is 2.06. The van der Waals surface area contributed by atoms with E-state index in [2.05, 4.69) is 19.9 Å². The Morgan fingerprint density at radius 1 is 1.24 bits per heavy atom. The molecule has 8 nitrogen and oxygen atoms in total. The van der Waals surface area contributed by atoms with E-state index in [9.17, 15) is 5.11 Å². The molecule has 1 saturated carbocycles. The molecule has 2 aliphatic rings. The van der Waals surface area contributed by atoms with E-state index in [0.717, 1.165) is 60.8 Å². The molecule has 0 atom stereocenters. The summed E-state index contributed by atoms with van der Waals surface area (Å²) in [5.41, 5.74) is 0.195. The SMILES string of the molecule is COc1cccnc1C1CCN(c2nc(C3(F)CCC3)nc3cnc(N(C)CCO)cc23)CC1. The van der Waals surface area contributed by atoms with Crippen molar-refractivity contribution in [3.63, 3.8) is 0 Å². The summed E-state index contributed by atoms with van der Waals surface area (Å²) in [5.74, 6) is 2.88. The van der Waals surface area contributed by atoms with E-state index >= 15 is 4.39 Å². The first-order valence-corrected chi connectivity index (χ1v) is 12.0. The van der Waals surface area contributed by atoms with Gasteiger partial charge in [0.05, 0.1) is 31.1 Å². The number of aromatic nitrogens is 4. The summed E-state index contributed by atoms with van der Waals surface area (Å²) < 4.78 is 20.9. The van der Waals surface area contributed by atoms with Gasteiger partial charge in [-0.3, -0.25) is 4.98 Å². The number of hydrogen-bond donors (Lipinski definition) is 1. The molecule has 34 heavy (non-hydrogen) atoms. The van der Waals surface area contributed by atoms with Gasteiger partial charge in [0.1, 0.15) is 17.4 Å². The molecule has 0 unspecified atom stereocenters. The van der Waals surface area contributed by atoms with Crippen LogP contribution in [0.3, 0.4) is 0 Å². The van der Waals surface area contributed by atoms with Crippen molar-refractivity contribution in [2.45, 2.75) is 43.7 Å². The minimum absolute atomic E-state index is 0.0351. The molecule has 0 amide bonds. The zero-order chi connectivity index (χ0) is 23.7. The Balaban J connectivity index is 1.49. The number of anilines is 2. The number of nitrogens with zero attached hydrogens (tertiary/aromatic N) is 6. The van der Waals surface area contributed by atoms with Crippen LogP contribution in [0.2, 0.25) is 0 Å². The molecule has 0 spiro atoms. The highest BCUT2D eigenvalue weighted by Gasteiger charge is 2.42. The van der Waals surface area contributed by atoms with Crippen LogP contribution in [-0.2, 0) is 5.67 Å². The van der Waals surface area contributed by atoms with Crippen molar-refractivity contribution in [2.24, 2.45) is 0 Å². The molecule has 9 heteroatoms. The van der Waals surface area contributed by atoms with Crippen LogP contribution in [0.1, 0.15) is 49.5 Å². The van der Waals surface area contributed by atoms with Gasteiger partial charge in [0.2, 0.25) is 0 Å². The van der Waals surface area contributed by atoms with E-state index in [-0.39, 0.29) is 12.4 Å². The van der Waals surface area contributed by atoms with Crippen LogP contribution < -0.4 is 14.5 Å². The Hall–Kier alpha value is -3.07. The van der Waals surface area contributed by atoms with E-state index in [1.165, 1.54) is 0 Å². The molecule has 0 aromatic carbocycles. The Morgan fingerprint density at radius 2 is 2.03 bits per heavy atom. The molecular formula is C25H31FN6O2. The lowest BCUT2D eigenvalue weighted by molar-refractivity contribution is 0.0512. The molecule has 1 aliphatic carbocycles. The van der Waals surface area contributed by atoms with Gasteiger partial charge in [0.15, 0.2) is 11.5 Å². The normalized spacial score (nSPS) is 18.1. The lowest BCUT2D eigenvalue weighted by Crippen LogP contribution is -2.36. The van der Waals surface area contributed by atoms with Gasteiger partial charge < -0.3 is 19.6 Å². The van der Waals surface area contributed by atoms with Crippen molar-refractivity contribution in [1.29, 1.82) is 0 Å². The molecule has 5 rings (SSSR count). The molecule has 2 fully saturated rings. The number of fused-ring (bicyclic) bond motifs is 1. The fourth-order valence-corrected chi connectivity index (χ4v) is 4.88. The first-order chi connectivity index (χ1) is 16.5. The van der Waals surface area contributed by atoms with Crippen LogP contribution >= 0.6 is 0 Å². The van der Waals surface area contributed by atoms with E-state index in [1.807, 2.05) is 36.3 Å². The van der Waals surface area contributed by atoms with Crippen molar-refractivity contribution in [1.82, 2.24) is 19.9 Å². The summed E-state index contributed by atoms with van der Waals surface area (Å²) in [6.07, 6.45) is 7.09. The summed E-state index contributed by atoms with van der Waals surface area (Å²) in [7, 11) is 3.56. The number of aliphatic hydroxyl groups is 1. The number of methoxy groups -OCH3 is 1. The van der Waals surface area contributed by atoms with Gasteiger partial charge >= 0.3 is 0 Å². The van der Waals surface area contributed by atoms with Crippen molar-refractivity contribution in [2.75, 3.05) is 50.2 Å². The predicted molar refractivity (Wildman–Crippen MR) is 129 cm³/mol. The quantitative estimate of drug-likeness (QED) is 0.565. The maximum atomic E-state index is 15.4. The van der Waals surface area contributed by atoms with Gasteiger partial charge in [-0.25, -0.2) is 19.3 Å². The summed E-state index contributed by atoms with van der Waals surface area (Å²) in [4.78, 5) is 22.6. The number of ether oxygens (including phenoxy) is 1. The number of aliphatic hydroxyl groups excluding tert-OH is 1. The fraction of sp³-hybridized carbons (Fsp3) is 0.520. The second kappa shape index (κ2) is 9.29. The van der Waals surface area contributed by atoms with Crippen molar-refractivity contribution < 1.29 is 14.2 Å². The van der Waals surface area contributed by atoms with E-state index in [0.29, 0.717) is 30.8 Å². The number of halogens is 1. The molecule has 3 aromatic heterocycles. The largest absolute Gasteiger partial charge is 0.495 e. The molecule has 1 aliphatic heterocycles. The highest BCUT2D eigenvalue weighted by Crippen LogP contribution is 2.45. The van der Waals surface area contributed by atoms with Crippen LogP contribution in [0.5, 0.6) is 5.75 Å². The lowest BCUT2D eigenvalue weighted by atomic mass is 9.81. The minimum Gasteiger partial charge on any atom is -0.495 e. The first-order valence-electron chi connectivity index (χ1n) is 12.0. The van der Waals surface area contributed by atoms with Crippen LogP contribution in [0, 0.1) is 0 Å². The van der Waals surface area contributed by atoms with Gasteiger partial charge in [0, 0.05) is 44.2 Å². The van der Waals surface area contributed by atoms with Crippen molar-refractivity contribution in [3.05, 3.63) is 42.1 Å². The Bertz CT molecular complexity index is 1160. The number of hydrogen-bond acceptors (Lipinski definition) is 8. The van der Waals surface area contributed by atoms with E-state index in [4.69, 9.17) is 9.72 Å². The first kappa shape index (κ1) is 22.7. The van der Waals surface area contributed by atoms with E-state index in [1.54, 1.807) is 13.3 Å². The summed E-state index contributed by atoms with van der Waals surface area (Å²) in [6, 6.07) is 5.79. The van der Waals surface area contributed by atoms with Gasteiger partial charge in [0.25, 0.3) is 0 Å². The van der Waals surface area contributed by atoms with Gasteiger partial charge in [-0.2, -0.15) is 0 Å². The Kier molecular flexibility index (Phi) is 6.20. The highest BCUT2D eigenvalue weighted by molar-refractivity contribution is 5.91. The lowest BCUT2D eigenvalue weighted by Gasteiger charge is -2.36. The van der Waals surface area contributed by atoms with Gasteiger partial charge in [-0.05, 0) is 50.3 Å². The van der Waals surface area contributed by atoms with Crippen LogP contribution in [-0.4, -0.2) is 65.4 Å². The predicted octanol–water partition coefficient (Wildman–Crippen LogP) is 3.59. The molecule has 0 radical (unpaired) electrons. The zero-order valence-corrected chi connectivity index (χ0v) is 19.7. The zero-order valence-electron chi connectivity index (χ0n) is 19.7. The highest BCUT2D eigenvalue weighted by atomic mass is 19.1. The monoisotopic (exact) mass is 466 g/mol. The summed E-state index contributed by atoms with van der Waals surface area (Å²) >= 11 is 0. The minimum atomic E-state index is -1.45. The number of pyridine rings is 2. The molecule has 1 N–H and O–H groups in total. The molecule has 4 heterocycles. The van der Waals surface area contributed by atoms with Crippen LogP contribution in [0.15, 0.2) is 30.6 Å². The summed E-state index contributed by atoms with van der Waals surface area (Å²) in [5, 5.41) is 10.2. The van der Waals surface area contributed by atoms with Crippen molar-refractivity contribution in [3.8, 4) is 5.75 Å². The molecule has 1 saturated heterocycles. The maximum Gasteiger partial charge on any atom is 0.170 e. The van der Waals surface area contributed by atoms with E-state index < -0.39 is 5.67 Å². The Labute approximate surface area is 198 Å². The molecule has 180 valence electrons. The number of rotatable bonds is 7. The smallest absolute Gasteiger partial charge is 0.170 e. The third-order valence-electron chi connectivity index (χ3n) is 7.12. The third kappa shape index (κ3) is 4.13. The van der Waals surface area contributed by atoms with Crippen molar-refractivity contribution >= 4 is 22.5 Å². The Morgan fingerprint density at radius 3 is 2.71 bits per heavy atom. The number of alkyl halides is 1. The van der Waals surface area contributed by atoms with Gasteiger partial charge in [-0.15, -0.1) is 0 Å². The third-order valence-corrected chi connectivity index (χ3v) is 7.12. The van der Waals surface area contributed by atoms with Gasteiger partial charge in [-0.1, -0.05) is 0 Å². The second-order valence-corrected chi connectivity index (χ2v) is 9.25. The average Bonchev–Trinajstić information content (AvgIpc) is 2.86. The fourth-order valence-electron chi connectivity index (χ4n) is 4.88. The number of piperidine rings is 1. The topological polar surface area (TPSA) is 87.5 Å². The molecule has 0 bridgehead atoms. The number of likely N-dealkylation sites (N-methyl/N-ethyl adjacent to an activating group) is 1. The average molecular weight is 467 g/mol. The van der Waals surface area contributed by atoms with Crippen LogP contribution in [0.4, 0.5) is 16.0 Å². The maximum absolute atomic E-state index is 15.4. The van der Waals surface area contributed by atoms with Crippen LogP contribution in [0.25, 0.3) is 10.9 Å². The second-order valence-electron chi connectivity index (χ2n) is 9.25. The standard InChI is InChI=1S/C25H31FN6O2/c1-31(13-14-33)21-15-18-19(16-28-21)29-24(25(26)8-4-9-25)30-23(18)32-11-6-17(7-12-32)22-20(34-2)5-3-10-27-22/h3,5,10,15-17,33H,4,6-9,11-14H2,1-2H3. The molecule has 3 aromatic rings.